The van der Waals surface area contributed by atoms with Gasteiger partial charge in [-0.05, 0) is 20.8 Å². The molecule has 0 saturated carbocycles. The van der Waals surface area contributed by atoms with Gasteiger partial charge in [0.2, 0.25) is 0 Å². The summed E-state index contributed by atoms with van der Waals surface area (Å²) >= 11 is 0. The Morgan fingerprint density at radius 3 is 2.31 bits per heavy atom. The second-order valence-electron chi connectivity index (χ2n) is 4.55. The van der Waals surface area contributed by atoms with E-state index in [2.05, 4.69) is 6.58 Å². The van der Waals surface area contributed by atoms with Crippen LogP contribution in [0.3, 0.4) is 0 Å². The molecule has 16 heavy (non-hydrogen) atoms. The van der Waals surface area contributed by atoms with E-state index in [0.717, 1.165) is 0 Å². The van der Waals surface area contributed by atoms with E-state index >= 15 is 0 Å². The normalized spacial score (nSPS) is 20.2. The lowest BCUT2D eigenvalue weighted by atomic mass is 10.2. The minimum atomic E-state index is -3.67. The fourth-order valence-electron chi connectivity index (χ4n) is 1.15. The summed E-state index contributed by atoms with van der Waals surface area (Å²) in [6.45, 7) is 7.31. The molecule has 1 heterocycles. The Morgan fingerprint density at radius 1 is 1.50 bits per heavy atom. The molecule has 0 radical (unpaired) electrons. The van der Waals surface area contributed by atoms with Gasteiger partial charge in [-0.15, -0.1) is 0 Å². The number of rotatable bonds is 0. The van der Waals surface area contributed by atoms with E-state index in [4.69, 9.17) is 4.74 Å². The maximum absolute atomic E-state index is 13.1. The number of amides is 2. The van der Waals surface area contributed by atoms with E-state index in [9.17, 15) is 18.4 Å². The van der Waals surface area contributed by atoms with Gasteiger partial charge in [-0.1, -0.05) is 6.58 Å². The first-order chi connectivity index (χ1) is 7.05. The highest BCUT2D eigenvalue weighted by Crippen LogP contribution is 2.33. The Bertz CT molecular complexity index is 358. The lowest BCUT2D eigenvalue weighted by Gasteiger charge is -2.22. The fourth-order valence-corrected chi connectivity index (χ4v) is 1.15. The molecule has 1 aliphatic heterocycles. The maximum atomic E-state index is 13.1. The van der Waals surface area contributed by atoms with Gasteiger partial charge in [0.15, 0.2) is 0 Å². The summed E-state index contributed by atoms with van der Waals surface area (Å²) < 4.78 is 31.0. The van der Waals surface area contributed by atoms with Crippen molar-refractivity contribution in [2.45, 2.75) is 32.3 Å². The SMILES string of the molecule is C=C1CN(C(=O)OC(C)(C)C)C(=O)C1(F)F. The highest BCUT2D eigenvalue weighted by Gasteiger charge is 2.54. The number of carbonyl (C=O) groups is 2. The van der Waals surface area contributed by atoms with Gasteiger partial charge in [0, 0.05) is 5.57 Å². The highest BCUT2D eigenvalue weighted by molar-refractivity contribution is 6.01. The van der Waals surface area contributed by atoms with Crippen LogP contribution in [0.5, 0.6) is 0 Å². The largest absolute Gasteiger partial charge is 0.443 e. The van der Waals surface area contributed by atoms with Crippen LogP contribution in [0.25, 0.3) is 0 Å². The van der Waals surface area contributed by atoms with Crippen molar-refractivity contribution in [1.29, 1.82) is 0 Å². The number of carbonyl (C=O) groups excluding carboxylic acids is 2. The first-order valence-electron chi connectivity index (χ1n) is 4.67. The van der Waals surface area contributed by atoms with Crippen molar-refractivity contribution in [2.24, 2.45) is 0 Å². The number of ether oxygens (including phenoxy) is 1. The van der Waals surface area contributed by atoms with Crippen molar-refractivity contribution in [2.75, 3.05) is 6.54 Å². The summed E-state index contributed by atoms with van der Waals surface area (Å²) in [4.78, 5) is 23.0. The van der Waals surface area contributed by atoms with E-state index in [1.165, 1.54) is 0 Å². The Balaban J connectivity index is 2.82. The zero-order valence-corrected chi connectivity index (χ0v) is 9.34. The van der Waals surface area contributed by atoms with Gasteiger partial charge in [0.25, 0.3) is 0 Å². The minimum absolute atomic E-state index is 0.369. The molecule has 0 aromatic heterocycles. The number of hydrogen-bond acceptors (Lipinski definition) is 3. The summed E-state index contributed by atoms with van der Waals surface area (Å²) in [7, 11) is 0. The molecular formula is C10H13F2NO3. The van der Waals surface area contributed by atoms with Gasteiger partial charge in [0.05, 0.1) is 6.54 Å². The van der Waals surface area contributed by atoms with Crippen LogP contribution in [-0.2, 0) is 9.53 Å². The van der Waals surface area contributed by atoms with Crippen molar-refractivity contribution >= 4 is 12.0 Å². The first-order valence-corrected chi connectivity index (χ1v) is 4.67. The molecule has 0 atom stereocenters. The number of imide groups is 1. The molecular weight excluding hydrogens is 220 g/mol. The molecule has 0 aromatic rings. The number of likely N-dealkylation sites (tertiary alicyclic amines) is 1. The summed E-state index contributed by atoms with van der Waals surface area (Å²) in [5.74, 6) is -5.25. The zero-order valence-electron chi connectivity index (χ0n) is 9.34. The van der Waals surface area contributed by atoms with E-state index in [1.807, 2.05) is 0 Å². The van der Waals surface area contributed by atoms with Crippen LogP contribution in [0.1, 0.15) is 20.8 Å². The first kappa shape index (κ1) is 12.6. The average molecular weight is 233 g/mol. The lowest BCUT2D eigenvalue weighted by molar-refractivity contribution is -0.144. The molecule has 6 heteroatoms. The molecule has 1 saturated heterocycles. The van der Waals surface area contributed by atoms with E-state index in [1.54, 1.807) is 20.8 Å². The second-order valence-corrected chi connectivity index (χ2v) is 4.55. The minimum Gasteiger partial charge on any atom is -0.443 e. The van der Waals surface area contributed by atoms with Gasteiger partial charge < -0.3 is 4.74 Å². The molecule has 0 N–H and O–H groups in total. The molecule has 2 amide bonds. The van der Waals surface area contributed by atoms with E-state index < -0.39 is 35.6 Å². The quantitative estimate of drug-likeness (QED) is 0.601. The fraction of sp³-hybridized carbons (Fsp3) is 0.600. The number of nitrogens with zero attached hydrogens (tertiary/aromatic N) is 1. The molecule has 1 aliphatic rings. The lowest BCUT2D eigenvalue weighted by Crippen LogP contribution is -2.41. The van der Waals surface area contributed by atoms with Gasteiger partial charge in [0.1, 0.15) is 5.60 Å². The van der Waals surface area contributed by atoms with Crippen LogP contribution in [0, 0.1) is 0 Å². The van der Waals surface area contributed by atoms with Crippen molar-refractivity contribution in [3.05, 3.63) is 12.2 Å². The Labute approximate surface area is 91.9 Å². The van der Waals surface area contributed by atoms with E-state index in [-0.39, 0.29) is 0 Å². The van der Waals surface area contributed by atoms with Gasteiger partial charge in [-0.25, -0.2) is 9.69 Å². The topological polar surface area (TPSA) is 46.6 Å². The van der Waals surface area contributed by atoms with Crippen molar-refractivity contribution < 1.29 is 23.1 Å². The smallest absolute Gasteiger partial charge is 0.417 e. The standard InChI is InChI=1S/C10H13F2NO3/c1-6-5-13(7(14)10(6,11)12)8(15)16-9(2,3)4/h1,5H2,2-4H3. The number of hydrogen-bond donors (Lipinski definition) is 0. The monoisotopic (exact) mass is 233 g/mol. The van der Waals surface area contributed by atoms with Gasteiger partial charge in [-0.3, -0.25) is 4.79 Å². The molecule has 1 fully saturated rings. The maximum Gasteiger partial charge on any atom is 0.417 e. The highest BCUT2D eigenvalue weighted by atomic mass is 19.3. The molecule has 1 rings (SSSR count). The molecule has 0 aromatic carbocycles. The Kier molecular flexibility index (Phi) is 2.79. The molecule has 4 nitrogen and oxygen atoms in total. The molecule has 0 unspecified atom stereocenters. The number of halogens is 2. The zero-order chi connectivity index (χ0) is 12.7. The van der Waals surface area contributed by atoms with Crippen molar-refractivity contribution in [3.63, 3.8) is 0 Å². The predicted molar refractivity (Wildman–Crippen MR) is 52.0 cm³/mol. The second kappa shape index (κ2) is 3.54. The molecule has 90 valence electrons. The molecule has 0 spiro atoms. The van der Waals surface area contributed by atoms with Crippen molar-refractivity contribution in [3.8, 4) is 0 Å². The van der Waals surface area contributed by atoms with E-state index in [0.29, 0.717) is 4.90 Å². The third kappa shape index (κ3) is 2.20. The van der Waals surface area contributed by atoms with Gasteiger partial charge in [-0.2, -0.15) is 8.78 Å². The molecule has 0 aliphatic carbocycles. The Hall–Kier alpha value is -1.46. The summed E-state index contributed by atoms with van der Waals surface area (Å²) in [6.07, 6.45) is -1.07. The van der Waals surface area contributed by atoms with Crippen LogP contribution in [0.4, 0.5) is 13.6 Å². The summed E-state index contributed by atoms with van der Waals surface area (Å²) in [5, 5.41) is 0. The van der Waals surface area contributed by atoms with Gasteiger partial charge >= 0.3 is 17.9 Å². The van der Waals surface area contributed by atoms with Crippen molar-refractivity contribution in [1.82, 2.24) is 4.90 Å². The van der Waals surface area contributed by atoms with Crippen LogP contribution < -0.4 is 0 Å². The third-order valence-corrected chi connectivity index (χ3v) is 1.92. The number of alkyl halides is 2. The van der Waals surface area contributed by atoms with Crippen LogP contribution in [0.15, 0.2) is 12.2 Å². The summed E-state index contributed by atoms with van der Waals surface area (Å²) in [6, 6.07) is 0. The molecule has 0 bridgehead atoms. The van der Waals surface area contributed by atoms with Crippen LogP contribution >= 0.6 is 0 Å². The van der Waals surface area contributed by atoms with Crippen LogP contribution in [0.2, 0.25) is 0 Å². The summed E-state index contributed by atoms with van der Waals surface area (Å²) in [5.41, 5.74) is -1.43. The average Bonchev–Trinajstić information content (AvgIpc) is 2.26. The van der Waals surface area contributed by atoms with Crippen LogP contribution in [-0.4, -0.2) is 35.0 Å². The Morgan fingerprint density at radius 2 is 2.00 bits per heavy atom. The third-order valence-electron chi connectivity index (χ3n) is 1.92. The predicted octanol–water partition coefficient (Wildman–Crippen LogP) is 1.96.